The van der Waals surface area contributed by atoms with Gasteiger partial charge >= 0.3 is 0 Å². The fourth-order valence-corrected chi connectivity index (χ4v) is 2.65. The van der Waals surface area contributed by atoms with Crippen LogP contribution in [0, 0.1) is 23.4 Å². The molecule has 0 aliphatic carbocycles. The van der Waals surface area contributed by atoms with Gasteiger partial charge in [0, 0.05) is 6.54 Å². The molecule has 1 saturated heterocycles. The van der Waals surface area contributed by atoms with Crippen LogP contribution >= 0.6 is 0 Å². The van der Waals surface area contributed by atoms with Crippen molar-refractivity contribution < 1.29 is 13.2 Å². The van der Waals surface area contributed by atoms with Gasteiger partial charge in [0.15, 0.2) is 17.5 Å². The fourth-order valence-electron chi connectivity index (χ4n) is 2.65. The Kier molecular flexibility index (Phi) is 5.43. The second kappa shape index (κ2) is 7.09. The van der Waals surface area contributed by atoms with Gasteiger partial charge in [0.1, 0.15) is 0 Å². The molecule has 1 heterocycles. The van der Waals surface area contributed by atoms with Crippen LogP contribution in [0.25, 0.3) is 0 Å². The Labute approximate surface area is 118 Å². The first kappa shape index (κ1) is 15.3. The molecule has 2 nitrogen and oxygen atoms in total. The molecule has 0 radical (unpaired) electrons. The lowest BCUT2D eigenvalue weighted by atomic mass is 9.96. The molecular formula is C15H21F3N2. The Morgan fingerprint density at radius 3 is 2.30 bits per heavy atom. The number of likely N-dealkylation sites (tertiary alicyclic amines) is 1. The number of hydrogen-bond acceptors (Lipinski definition) is 2. The monoisotopic (exact) mass is 286 g/mol. The lowest BCUT2D eigenvalue weighted by Crippen LogP contribution is -2.36. The summed E-state index contributed by atoms with van der Waals surface area (Å²) in [7, 11) is 0. The largest absolute Gasteiger partial charge is 0.317 e. The minimum absolute atomic E-state index is 0.474. The summed E-state index contributed by atoms with van der Waals surface area (Å²) in [6, 6.07) is 2.17. The summed E-state index contributed by atoms with van der Waals surface area (Å²) in [5, 5.41) is 3.34. The smallest absolute Gasteiger partial charge is 0.194 e. The first-order valence-electron chi connectivity index (χ1n) is 7.16. The van der Waals surface area contributed by atoms with Gasteiger partial charge in [0.2, 0.25) is 0 Å². The van der Waals surface area contributed by atoms with Crippen LogP contribution in [0.15, 0.2) is 12.1 Å². The third-order valence-electron chi connectivity index (χ3n) is 3.84. The van der Waals surface area contributed by atoms with Crippen LogP contribution in [0.4, 0.5) is 13.2 Å². The molecule has 1 aromatic rings. The summed E-state index contributed by atoms with van der Waals surface area (Å²) in [5.41, 5.74) is 0.492. The molecule has 1 N–H and O–H groups in total. The van der Waals surface area contributed by atoms with Crippen LogP contribution in [0.1, 0.15) is 25.3 Å². The van der Waals surface area contributed by atoms with E-state index in [4.69, 9.17) is 0 Å². The molecule has 2 rings (SSSR count). The lowest BCUT2D eigenvalue weighted by molar-refractivity contribution is 0.175. The standard InChI is InChI=1S/C15H21F3N2/c1-2-19-9-11-3-5-20(6-4-11)10-12-7-13(16)15(18)14(17)8-12/h7-8,11,19H,2-6,9-10H2,1H3. The molecule has 0 spiro atoms. The van der Waals surface area contributed by atoms with Crippen molar-refractivity contribution in [3.63, 3.8) is 0 Å². The van der Waals surface area contributed by atoms with Crippen LogP contribution in [0.3, 0.4) is 0 Å². The zero-order valence-electron chi connectivity index (χ0n) is 11.8. The maximum absolute atomic E-state index is 13.2. The highest BCUT2D eigenvalue weighted by atomic mass is 19.2. The summed E-state index contributed by atoms with van der Waals surface area (Å²) < 4.78 is 39.2. The predicted octanol–water partition coefficient (Wildman–Crippen LogP) is 2.93. The van der Waals surface area contributed by atoms with Gasteiger partial charge in [0.25, 0.3) is 0 Å². The number of nitrogens with zero attached hydrogens (tertiary/aromatic N) is 1. The zero-order chi connectivity index (χ0) is 14.5. The number of benzene rings is 1. The van der Waals surface area contributed by atoms with Crippen molar-refractivity contribution in [3.05, 3.63) is 35.1 Å². The molecule has 1 aromatic carbocycles. The first-order chi connectivity index (χ1) is 9.60. The van der Waals surface area contributed by atoms with E-state index in [2.05, 4.69) is 17.1 Å². The lowest BCUT2D eigenvalue weighted by Gasteiger charge is -2.32. The van der Waals surface area contributed by atoms with Gasteiger partial charge in [-0.3, -0.25) is 4.90 Å². The van der Waals surface area contributed by atoms with Crippen molar-refractivity contribution in [2.24, 2.45) is 5.92 Å². The average molecular weight is 286 g/mol. The SMILES string of the molecule is CCNCC1CCN(Cc2cc(F)c(F)c(F)c2)CC1. The second-order valence-corrected chi connectivity index (χ2v) is 5.40. The van der Waals surface area contributed by atoms with Crippen LogP contribution < -0.4 is 5.32 Å². The van der Waals surface area contributed by atoms with Crippen LogP contribution in [-0.2, 0) is 6.54 Å². The highest BCUT2D eigenvalue weighted by Gasteiger charge is 2.19. The normalized spacial score (nSPS) is 17.6. The Hall–Kier alpha value is -1.07. The summed E-state index contributed by atoms with van der Waals surface area (Å²) in [4.78, 5) is 2.16. The van der Waals surface area contributed by atoms with Crippen molar-refractivity contribution in [2.75, 3.05) is 26.2 Å². The number of piperidine rings is 1. The molecule has 1 aliphatic rings. The maximum Gasteiger partial charge on any atom is 0.194 e. The van der Waals surface area contributed by atoms with Crippen molar-refractivity contribution in [1.29, 1.82) is 0 Å². The summed E-state index contributed by atoms with van der Waals surface area (Å²) in [5.74, 6) is -2.94. The molecule has 0 atom stereocenters. The summed E-state index contributed by atoms with van der Waals surface area (Å²) in [6.45, 7) is 6.40. The minimum Gasteiger partial charge on any atom is -0.317 e. The quantitative estimate of drug-likeness (QED) is 0.837. The van der Waals surface area contributed by atoms with Gasteiger partial charge in [-0.1, -0.05) is 6.92 Å². The molecule has 0 bridgehead atoms. The predicted molar refractivity (Wildman–Crippen MR) is 72.9 cm³/mol. The molecule has 0 unspecified atom stereocenters. The number of nitrogens with one attached hydrogen (secondary N) is 1. The van der Waals surface area contributed by atoms with Crippen molar-refractivity contribution >= 4 is 0 Å². The molecular weight excluding hydrogens is 265 g/mol. The van der Waals surface area contributed by atoms with E-state index in [1.807, 2.05) is 0 Å². The highest BCUT2D eigenvalue weighted by molar-refractivity contribution is 5.19. The van der Waals surface area contributed by atoms with Crippen molar-refractivity contribution in [3.8, 4) is 0 Å². The third kappa shape index (κ3) is 3.96. The van der Waals surface area contributed by atoms with Gasteiger partial charge in [-0.25, -0.2) is 13.2 Å². The third-order valence-corrected chi connectivity index (χ3v) is 3.84. The van der Waals surface area contributed by atoms with E-state index in [0.717, 1.165) is 51.2 Å². The molecule has 0 saturated carbocycles. The average Bonchev–Trinajstić information content (AvgIpc) is 2.44. The van der Waals surface area contributed by atoms with Gasteiger partial charge in [-0.15, -0.1) is 0 Å². The number of halogens is 3. The Bertz CT molecular complexity index is 420. The summed E-state index contributed by atoms with van der Waals surface area (Å²) >= 11 is 0. The Morgan fingerprint density at radius 2 is 1.75 bits per heavy atom. The maximum atomic E-state index is 13.2. The van der Waals surface area contributed by atoms with Crippen molar-refractivity contribution in [1.82, 2.24) is 10.2 Å². The molecule has 1 aliphatic heterocycles. The minimum atomic E-state index is -1.39. The zero-order valence-corrected chi connectivity index (χ0v) is 11.8. The van der Waals surface area contributed by atoms with Crippen LogP contribution in [-0.4, -0.2) is 31.1 Å². The highest BCUT2D eigenvalue weighted by Crippen LogP contribution is 2.20. The second-order valence-electron chi connectivity index (χ2n) is 5.40. The molecule has 20 heavy (non-hydrogen) atoms. The van der Waals surface area contributed by atoms with Crippen LogP contribution in [0.5, 0.6) is 0 Å². The van der Waals surface area contributed by atoms with E-state index in [1.54, 1.807) is 0 Å². The van der Waals surface area contributed by atoms with E-state index in [9.17, 15) is 13.2 Å². The molecule has 5 heteroatoms. The first-order valence-corrected chi connectivity index (χ1v) is 7.16. The summed E-state index contributed by atoms with van der Waals surface area (Å²) in [6.07, 6.45) is 2.16. The van der Waals surface area contributed by atoms with Crippen LogP contribution in [0.2, 0.25) is 0 Å². The fraction of sp³-hybridized carbons (Fsp3) is 0.600. The molecule has 112 valence electrons. The van der Waals surface area contributed by atoms with Gasteiger partial charge in [-0.05, 0) is 62.6 Å². The number of rotatable bonds is 5. The van der Waals surface area contributed by atoms with Gasteiger partial charge in [-0.2, -0.15) is 0 Å². The van der Waals surface area contributed by atoms with E-state index in [0.29, 0.717) is 18.0 Å². The van der Waals surface area contributed by atoms with Gasteiger partial charge in [0.05, 0.1) is 0 Å². The van der Waals surface area contributed by atoms with E-state index in [1.165, 1.54) is 0 Å². The molecule has 0 aromatic heterocycles. The van der Waals surface area contributed by atoms with Crippen molar-refractivity contribution in [2.45, 2.75) is 26.3 Å². The van der Waals surface area contributed by atoms with E-state index < -0.39 is 17.5 Å². The van der Waals surface area contributed by atoms with Gasteiger partial charge < -0.3 is 5.32 Å². The van der Waals surface area contributed by atoms with E-state index in [-0.39, 0.29) is 0 Å². The molecule has 1 fully saturated rings. The molecule has 0 amide bonds. The Morgan fingerprint density at radius 1 is 1.15 bits per heavy atom. The number of hydrogen-bond donors (Lipinski definition) is 1. The Balaban J connectivity index is 1.86. The van der Waals surface area contributed by atoms with E-state index >= 15 is 0 Å². The topological polar surface area (TPSA) is 15.3 Å².